The first-order chi connectivity index (χ1) is 15.8. The number of ether oxygens (including phenoxy) is 1. The van der Waals surface area contributed by atoms with E-state index in [0.717, 1.165) is 6.07 Å². The lowest BCUT2D eigenvalue weighted by molar-refractivity contribution is -0.134. The van der Waals surface area contributed by atoms with Gasteiger partial charge in [-0.2, -0.15) is 0 Å². The number of benzene rings is 2. The van der Waals surface area contributed by atoms with E-state index in [0.29, 0.717) is 48.3 Å². The summed E-state index contributed by atoms with van der Waals surface area (Å²) in [6.07, 6.45) is 0. The number of carbonyl (C=O) groups excluding carboxylic acids is 3. The second kappa shape index (κ2) is 9.23. The lowest BCUT2D eigenvalue weighted by Crippen LogP contribution is -2.50. The van der Waals surface area contributed by atoms with Crippen molar-refractivity contribution in [2.45, 2.75) is 6.92 Å². The van der Waals surface area contributed by atoms with Gasteiger partial charge in [0.1, 0.15) is 5.82 Å². The van der Waals surface area contributed by atoms with Crippen LogP contribution in [0.5, 0.6) is 0 Å². The Morgan fingerprint density at radius 3 is 2.45 bits per heavy atom. The highest BCUT2D eigenvalue weighted by Crippen LogP contribution is 2.22. The molecule has 9 heteroatoms. The van der Waals surface area contributed by atoms with Crippen molar-refractivity contribution in [3.8, 4) is 0 Å². The van der Waals surface area contributed by atoms with E-state index in [-0.39, 0.29) is 17.3 Å². The number of fused-ring (bicyclic) bond motifs is 1. The molecular formula is C24H22FN3O5. The lowest BCUT2D eigenvalue weighted by atomic mass is 10.1. The van der Waals surface area contributed by atoms with Gasteiger partial charge >= 0.3 is 5.97 Å². The Bertz CT molecular complexity index is 1290. The zero-order valence-electron chi connectivity index (χ0n) is 18.0. The summed E-state index contributed by atoms with van der Waals surface area (Å²) in [6.45, 7) is 2.38. The van der Waals surface area contributed by atoms with Gasteiger partial charge < -0.3 is 19.5 Å². The van der Waals surface area contributed by atoms with E-state index in [1.165, 1.54) is 13.0 Å². The molecule has 1 saturated heterocycles. The van der Waals surface area contributed by atoms with E-state index in [1.54, 1.807) is 46.2 Å². The van der Waals surface area contributed by atoms with Gasteiger partial charge in [-0.15, -0.1) is 0 Å². The minimum absolute atomic E-state index is 0.0939. The van der Waals surface area contributed by atoms with Gasteiger partial charge in [0.05, 0.1) is 11.3 Å². The van der Waals surface area contributed by atoms with E-state index in [4.69, 9.17) is 4.74 Å². The molecule has 170 valence electrons. The standard InChI is InChI=1S/C24H22FN3O5/c1-15(29)16-6-7-21(19(25)12-16)27-8-10-28(11-9-27)23(31)14-33-24(32)18-13-22(30)26-20-5-3-2-4-17(18)20/h2-7,12-13H,8-11,14H2,1H3,(H,26,30). The normalized spacial score (nSPS) is 13.8. The van der Waals surface area contributed by atoms with Gasteiger partial charge in [0, 0.05) is 48.7 Å². The maximum Gasteiger partial charge on any atom is 0.339 e. The number of anilines is 1. The molecule has 4 rings (SSSR count). The van der Waals surface area contributed by atoms with E-state index in [2.05, 4.69) is 4.98 Å². The molecule has 3 aromatic rings. The molecule has 33 heavy (non-hydrogen) atoms. The number of nitrogens with one attached hydrogen (secondary N) is 1. The second-order valence-corrected chi connectivity index (χ2v) is 7.76. The third kappa shape index (κ3) is 4.77. The molecule has 2 aromatic carbocycles. The molecule has 1 aromatic heterocycles. The number of Topliss-reactive ketones (excluding diaryl/α,β-unsaturated/α-hetero) is 1. The maximum atomic E-state index is 14.4. The van der Waals surface area contributed by atoms with Crippen LogP contribution in [0.15, 0.2) is 53.3 Å². The van der Waals surface area contributed by atoms with Gasteiger partial charge in [0.25, 0.3) is 5.91 Å². The Morgan fingerprint density at radius 1 is 1.03 bits per heavy atom. The molecule has 0 saturated carbocycles. The average Bonchev–Trinajstić information content (AvgIpc) is 2.81. The topological polar surface area (TPSA) is 99.8 Å². The zero-order valence-corrected chi connectivity index (χ0v) is 18.0. The van der Waals surface area contributed by atoms with Crippen molar-refractivity contribution in [2.24, 2.45) is 0 Å². The van der Waals surface area contributed by atoms with Crippen LogP contribution in [-0.4, -0.2) is 60.3 Å². The first kappa shape index (κ1) is 22.2. The van der Waals surface area contributed by atoms with Crippen LogP contribution in [0.1, 0.15) is 27.6 Å². The van der Waals surface area contributed by atoms with Gasteiger partial charge in [-0.1, -0.05) is 18.2 Å². The number of ketones is 1. The Morgan fingerprint density at radius 2 is 1.76 bits per heavy atom. The summed E-state index contributed by atoms with van der Waals surface area (Å²) in [5, 5.41) is 0.529. The van der Waals surface area contributed by atoms with Gasteiger partial charge in [-0.3, -0.25) is 14.4 Å². The van der Waals surface area contributed by atoms with Crippen molar-refractivity contribution in [1.82, 2.24) is 9.88 Å². The Kier molecular flexibility index (Phi) is 6.21. The van der Waals surface area contributed by atoms with Gasteiger partial charge in [-0.25, -0.2) is 9.18 Å². The lowest BCUT2D eigenvalue weighted by Gasteiger charge is -2.36. The second-order valence-electron chi connectivity index (χ2n) is 7.76. The zero-order chi connectivity index (χ0) is 23.5. The van der Waals surface area contributed by atoms with Gasteiger partial charge in [0.15, 0.2) is 12.4 Å². The molecule has 2 heterocycles. The molecule has 0 radical (unpaired) electrons. The van der Waals surface area contributed by atoms with E-state index in [9.17, 15) is 23.6 Å². The van der Waals surface area contributed by atoms with Crippen LogP contribution in [0.3, 0.4) is 0 Å². The van der Waals surface area contributed by atoms with Gasteiger partial charge in [0.2, 0.25) is 5.56 Å². The van der Waals surface area contributed by atoms with Crippen molar-refractivity contribution in [1.29, 1.82) is 0 Å². The summed E-state index contributed by atoms with van der Waals surface area (Å²) < 4.78 is 19.6. The van der Waals surface area contributed by atoms with Crippen LogP contribution in [0, 0.1) is 5.82 Å². The molecule has 0 bridgehead atoms. The molecule has 0 aliphatic carbocycles. The third-order valence-corrected chi connectivity index (χ3v) is 5.62. The average molecular weight is 451 g/mol. The molecule has 8 nitrogen and oxygen atoms in total. The molecule has 1 aliphatic heterocycles. The first-order valence-corrected chi connectivity index (χ1v) is 10.5. The van der Waals surface area contributed by atoms with E-state index < -0.39 is 24.0 Å². The number of aromatic amines is 1. The summed E-state index contributed by atoms with van der Waals surface area (Å²) in [6, 6.07) is 12.3. The number of amides is 1. The SMILES string of the molecule is CC(=O)c1ccc(N2CCN(C(=O)COC(=O)c3cc(=O)[nH]c4ccccc34)CC2)c(F)c1. The predicted octanol–water partition coefficient (Wildman–Crippen LogP) is 2.38. The number of pyridine rings is 1. The van der Waals surface area contributed by atoms with Crippen molar-refractivity contribution < 1.29 is 23.5 Å². The van der Waals surface area contributed by atoms with Crippen LogP contribution in [0.25, 0.3) is 10.9 Å². The summed E-state index contributed by atoms with van der Waals surface area (Å²) in [5.41, 5.74) is 0.839. The van der Waals surface area contributed by atoms with E-state index in [1.807, 2.05) is 0 Å². The van der Waals surface area contributed by atoms with Crippen LogP contribution in [0.4, 0.5) is 10.1 Å². The number of esters is 1. The van der Waals surface area contributed by atoms with Crippen LogP contribution >= 0.6 is 0 Å². The maximum absolute atomic E-state index is 14.4. The molecule has 1 N–H and O–H groups in total. The van der Waals surface area contributed by atoms with Crippen molar-refractivity contribution in [3.05, 3.63) is 75.8 Å². The highest BCUT2D eigenvalue weighted by molar-refractivity contribution is 6.03. The number of para-hydroxylation sites is 1. The minimum Gasteiger partial charge on any atom is -0.452 e. The number of halogens is 1. The predicted molar refractivity (Wildman–Crippen MR) is 120 cm³/mol. The quantitative estimate of drug-likeness (QED) is 0.472. The minimum atomic E-state index is -0.753. The Balaban J connectivity index is 1.35. The van der Waals surface area contributed by atoms with Crippen LogP contribution < -0.4 is 10.5 Å². The number of hydrogen-bond acceptors (Lipinski definition) is 6. The highest BCUT2D eigenvalue weighted by atomic mass is 19.1. The molecule has 1 fully saturated rings. The first-order valence-electron chi connectivity index (χ1n) is 10.5. The fourth-order valence-electron chi connectivity index (χ4n) is 3.85. The largest absolute Gasteiger partial charge is 0.452 e. The summed E-state index contributed by atoms with van der Waals surface area (Å²) in [7, 11) is 0. The molecule has 0 unspecified atom stereocenters. The van der Waals surface area contributed by atoms with Crippen LogP contribution in [0.2, 0.25) is 0 Å². The molecular weight excluding hydrogens is 429 g/mol. The summed E-state index contributed by atoms with van der Waals surface area (Å²) in [5.74, 6) is -1.82. The summed E-state index contributed by atoms with van der Waals surface area (Å²) >= 11 is 0. The number of H-pyrrole nitrogens is 1. The van der Waals surface area contributed by atoms with Gasteiger partial charge in [-0.05, 0) is 31.2 Å². The molecule has 0 atom stereocenters. The number of piperazine rings is 1. The third-order valence-electron chi connectivity index (χ3n) is 5.62. The number of carbonyl (C=O) groups is 3. The van der Waals surface area contributed by atoms with Crippen molar-refractivity contribution >= 4 is 34.3 Å². The number of nitrogens with zero attached hydrogens (tertiary/aromatic N) is 2. The molecule has 1 aliphatic rings. The molecule has 0 spiro atoms. The fraction of sp³-hybridized carbons (Fsp3) is 0.250. The van der Waals surface area contributed by atoms with Crippen LogP contribution in [-0.2, 0) is 9.53 Å². The van der Waals surface area contributed by atoms with Crippen molar-refractivity contribution in [3.63, 3.8) is 0 Å². The summed E-state index contributed by atoms with van der Waals surface area (Å²) in [4.78, 5) is 54.3. The Labute approximate surface area is 188 Å². The highest BCUT2D eigenvalue weighted by Gasteiger charge is 2.24. The Hall–Kier alpha value is -4.01. The number of hydrogen-bond donors (Lipinski definition) is 1. The smallest absolute Gasteiger partial charge is 0.339 e. The monoisotopic (exact) mass is 451 g/mol. The number of rotatable bonds is 5. The number of aromatic nitrogens is 1. The van der Waals surface area contributed by atoms with Crippen molar-refractivity contribution in [2.75, 3.05) is 37.7 Å². The molecule has 1 amide bonds. The fourth-order valence-corrected chi connectivity index (χ4v) is 3.85. The van der Waals surface area contributed by atoms with E-state index >= 15 is 0 Å².